The summed E-state index contributed by atoms with van der Waals surface area (Å²) in [5, 5.41) is 3.09. The van der Waals surface area contributed by atoms with Gasteiger partial charge in [0.2, 0.25) is 0 Å². The second-order valence-electron chi connectivity index (χ2n) is 4.99. The van der Waals surface area contributed by atoms with Crippen molar-refractivity contribution in [3.05, 3.63) is 45.7 Å². The summed E-state index contributed by atoms with van der Waals surface area (Å²) in [6, 6.07) is 8.54. The molecule has 0 radical (unpaired) electrons. The first kappa shape index (κ1) is 13.4. The van der Waals surface area contributed by atoms with Gasteiger partial charge < -0.3 is 10.2 Å². The Bertz CT molecular complexity index is 642. The van der Waals surface area contributed by atoms with Crippen molar-refractivity contribution in [1.82, 2.24) is 9.97 Å². The number of fused-ring (bicyclic) bond motifs is 1. The van der Waals surface area contributed by atoms with Gasteiger partial charge in [-0.3, -0.25) is 0 Å². The molecule has 4 nitrogen and oxygen atoms in total. The van der Waals surface area contributed by atoms with E-state index in [1.807, 2.05) is 20.0 Å². The van der Waals surface area contributed by atoms with Crippen LogP contribution in [0.1, 0.15) is 17.0 Å². The van der Waals surface area contributed by atoms with E-state index in [-0.39, 0.29) is 0 Å². The molecular weight excluding hydrogens is 316 g/mol. The normalized spacial score (nSPS) is 14.1. The second kappa shape index (κ2) is 5.40. The average Bonchev–Trinajstić information content (AvgIpc) is 2.45. The molecule has 0 unspecified atom stereocenters. The smallest absolute Gasteiger partial charge is 0.134 e. The van der Waals surface area contributed by atoms with Crippen LogP contribution in [-0.4, -0.2) is 23.6 Å². The van der Waals surface area contributed by atoms with Gasteiger partial charge in [0.25, 0.3) is 0 Å². The van der Waals surface area contributed by atoms with Crippen LogP contribution in [0.15, 0.2) is 28.7 Å². The van der Waals surface area contributed by atoms with Crippen LogP contribution in [0.3, 0.4) is 0 Å². The first-order valence-corrected chi connectivity index (χ1v) is 7.50. The van der Waals surface area contributed by atoms with Crippen LogP contribution >= 0.6 is 15.9 Å². The Labute approximate surface area is 127 Å². The van der Waals surface area contributed by atoms with Gasteiger partial charge in [0.15, 0.2) is 0 Å². The molecule has 0 amide bonds. The van der Waals surface area contributed by atoms with Crippen molar-refractivity contribution in [2.24, 2.45) is 0 Å². The number of hydrogen-bond acceptors (Lipinski definition) is 4. The van der Waals surface area contributed by atoms with Gasteiger partial charge in [0.05, 0.1) is 0 Å². The van der Waals surface area contributed by atoms with Gasteiger partial charge in [-0.2, -0.15) is 0 Å². The van der Waals surface area contributed by atoms with Crippen molar-refractivity contribution >= 4 is 27.6 Å². The largest absolute Gasteiger partial charge is 0.373 e. The molecule has 0 saturated carbocycles. The van der Waals surface area contributed by atoms with E-state index in [0.29, 0.717) is 0 Å². The van der Waals surface area contributed by atoms with Crippen LogP contribution < -0.4 is 10.2 Å². The summed E-state index contributed by atoms with van der Waals surface area (Å²) in [4.78, 5) is 11.2. The number of anilines is 2. The summed E-state index contributed by atoms with van der Waals surface area (Å²) in [7, 11) is 1.88. The monoisotopic (exact) mass is 332 g/mol. The van der Waals surface area contributed by atoms with Crippen LogP contribution in [0, 0.1) is 6.92 Å². The molecule has 0 saturated heterocycles. The van der Waals surface area contributed by atoms with E-state index in [9.17, 15) is 0 Å². The van der Waals surface area contributed by atoms with Crippen LogP contribution in [-0.2, 0) is 13.0 Å². The number of hydrogen-bond donors (Lipinski definition) is 1. The molecule has 5 heteroatoms. The molecule has 1 aromatic heterocycles. The number of aromatic nitrogens is 2. The highest BCUT2D eigenvalue weighted by Gasteiger charge is 2.18. The van der Waals surface area contributed by atoms with Crippen molar-refractivity contribution in [2.45, 2.75) is 19.9 Å². The predicted octanol–water partition coefficient (Wildman–Crippen LogP) is 3.15. The summed E-state index contributed by atoms with van der Waals surface area (Å²) in [6.07, 6.45) is 1.06. The molecule has 3 rings (SSSR count). The fraction of sp³-hybridized carbons (Fsp3) is 0.333. The van der Waals surface area contributed by atoms with Crippen LogP contribution in [0.2, 0.25) is 0 Å². The van der Waals surface area contributed by atoms with E-state index in [2.05, 4.69) is 54.3 Å². The molecule has 1 aliphatic heterocycles. The Balaban J connectivity index is 1.91. The predicted molar refractivity (Wildman–Crippen MR) is 85.2 cm³/mol. The summed E-state index contributed by atoms with van der Waals surface area (Å²) in [5.74, 6) is 2.66. The molecule has 1 N–H and O–H groups in total. The van der Waals surface area contributed by atoms with Crippen molar-refractivity contribution in [3.8, 4) is 0 Å². The molecule has 104 valence electrons. The fourth-order valence-electron chi connectivity index (χ4n) is 2.56. The highest BCUT2D eigenvalue weighted by molar-refractivity contribution is 9.10. The van der Waals surface area contributed by atoms with Gasteiger partial charge in [-0.25, -0.2) is 9.97 Å². The third-order valence-electron chi connectivity index (χ3n) is 3.59. The zero-order valence-electron chi connectivity index (χ0n) is 11.7. The number of benzene rings is 1. The van der Waals surface area contributed by atoms with Crippen molar-refractivity contribution < 1.29 is 0 Å². The SMILES string of the molecule is CNc1cc(N2CCc3ccc(Br)cc3C2)nc(C)n1. The molecule has 0 fully saturated rings. The maximum atomic E-state index is 4.56. The van der Waals surface area contributed by atoms with Gasteiger partial charge in [-0.15, -0.1) is 0 Å². The zero-order valence-corrected chi connectivity index (χ0v) is 13.2. The van der Waals surface area contributed by atoms with Gasteiger partial charge in [0, 0.05) is 30.7 Å². The minimum Gasteiger partial charge on any atom is -0.373 e. The number of nitrogens with zero attached hydrogens (tertiary/aromatic N) is 3. The second-order valence-corrected chi connectivity index (χ2v) is 5.91. The minimum atomic E-state index is 0.798. The van der Waals surface area contributed by atoms with Crippen molar-refractivity contribution in [3.63, 3.8) is 0 Å². The fourth-order valence-corrected chi connectivity index (χ4v) is 2.97. The van der Waals surface area contributed by atoms with Crippen LogP contribution in [0.4, 0.5) is 11.6 Å². The Morgan fingerprint density at radius 1 is 1.20 bits per heavy atom. The molecule has 0 bridgehead atoms. The Morgan fingerprint density at radius 3 is 2.85 bits per heavy atom. The number of rotatable bonds is 2. The molecule has 20 heavy (non-hydrogen) atoms. The van der Waals surface area contributed by atoms with Crippen LogP contribution in [0.25, 0.3) is 0 Å². The van der Waals surface area contributed by atoms with Gasteiger partial charge in [-0.05, 0) is 36.6 Å². The number of halogens is 1. The topological polar surface area (TPSA) is 41.0 Å². The van der Waals surface area contributed by atoms with Gasteiger partial charge >= 0.3 is 0 Å². The maximum Gasteiger partial charge on any atom is 0.134 e. The number of aryl methyl sites for hydroxylation is 1. The lowest BCUT2D eigenvalue weighted by molar-refractivity contribution is 0.717. The lowest BCUT2D eigenvalue weighted by Crippen LogP contribution is -2.31. The summed E-state index contributed by atoms with van der Waals surface area (Å²) < 4.78 is 1.13. The molecule has 1 aromatic carbocycles. The lowest BCUT2D eigenvalue weighted by atomic mass is 10.00. The molecule has 2 heterocycles. The molecule has 1 aliphatic rings. The zero-order chi connectivity index (χ0) is 14.1. The average molecular weight is 333 g/mol. The lowest BCUT2D eigenvalue weighted by Gasteiger charge is -2.30. The highest BCUT2D eigenvalue weighted by atomic mass is 79.9. The third kappa shape index (κ3) is 2.63. The summed E-state index contributed by atoms with van der Waals surface area (Å²) in [6.45, 7) is 3.82. The molecule has 2 aromatic rings. The quantitative estimate of drug-likeness (QED) is 0.917. The van der Waals surface area contributed by atoms with E-state index in [4.69, 9.17) is 0 Å². The van der Waals surface area contributed by atoms with E-state index >= 15 is 0 Å². The molecule has 0 spiro atoms. The van der Waals surface area contributed by atoms with E-state index in [1.165, 1.54) is 11.1 Å². The van der Waals surface area contributed by atoms with Gasteiger partial charge in [-0.1, -0.05) is 22.0 Å². The van der Waals surface area contributed by atoms with Crippen LogP contribution in [0.5, 0.6) is 0 Å². The van der Waals surface area contributed by atoms with Crippen molar-refractivity contribution in [2.75, 3.05) is 23.8 Å². The first-order chi connectivity index (χ1) is 9.65. The highest BCUT2D eigenvalue weighted by Crippen LogP contribution is 2.26. The molecule has 0 aliphatic carbocycles. The Kier molecular flexibility index (Phi) is 3.61. The third-order valence-corrected chi connectivity index (χ3v) is 4.08. The number of nitrogens with one attached hydrogen (secondary N) is 1. The maximum absolute atomic E-state index is 4.56. The minimum absolute atomic E-state index is 0.798. The van der Waals surface area contributed by atoms with E-state index < -0.39 is 0 Å². The van der Waals surface area contributed by atoms with E-state index in [1.54, 1.807) is 0 Å². The molecule has 0 atom stereocenters. The summed E-state index contributed by atoms with van der Waals surface area (Å²) >= 11 is 3.55. The van der Waals surface area contributed by atoms with E-state index in [0.717, 1.165) is 41.4 Å². The summed E-state index contributed by atoms with van der Waals surface area (Å²) in [5.41, 5.74) is 2.80. The molecular formula is C15H17BrN4. The van der Waals surface area contributed by atoms with Crippen molar-refractivity contribution in [1.29, 1.82) is 0 Å². The van der Waals surface area contributed by atoms with Gasteiger partial charge in [0.1, 0.15) is 17.5 Å². The standard InChI is InChI=1S/C15H17BrN4/c1-10-18-14(17-2)8-15(19-10)20-6-5-11-3-4-13(16)7-12(11)9-20/h3-4,7-8H,5-6,9H2,1-2H3,(H,17,18,19). The Hall–Kier alpha value is -1.62. The first-order valence-electron chi connectivity index (χ1n) is 6.71. The Morgan fingerprint density at radius 2 is 2.05 bits per heavy atom.